The zero-order valence-corrected chi connectivity index (χ0v) is 7.42. The molecule has 0 aromatic carbocycles. The van der Waals surface area contributed by atoms with Crippen LogP contribution in [-0.4, -0.2) is 30.2 Å². The maximum absolute atomic E-state index is 10.7. The molecule has 0 aromatic rings. The zero-order valence-electron chi connectivity index (χ0n) is 7.42. The molecule has 0 saturated heterocycles. The molecule has 0 rings (SSSR count). The first-order chi connectivity index (χ1) is 5.49. The van der Waals surface area contributed by atoms with Gasteiger partial charge in [-0.05, 0) is 13.8 Å². The van der Waals surface area contributed by atoms with Crippen LogP contribution in [0.2, 0.25) is 0 Å². The van der Waals surface area contributed by atoms with E-state index in [-0.39, 0.29) is 12.1 Å². The van der Waals surface area contributed by atoms with Crippen LogP contribution in [0.3, 0.4) is 0 Å². The number of carbonyl (C=O) groups excluding carboxylic acids is 1. The van der Waals surface area contributed by atoms with Crippen LogP contribution in [0.25, 0.3) is 0 Å². The summed E-state index contributed by atoms with van der Waals surface area (Å²) in [6.07, 6.45) is 0. The molecule has 2 amide bonds. The Morgan fingerprint density at radius 3 is 2.17 bits per heavy atom. The minimum absolute atomic E-state index is 0.365. The van der Waals surface area contributed by atoms with Crippen molar-refractivity contribution in [3.05, 3.63) is 0 Å². The lowest BCUT2D eigenvalue weighted by molar-refractivity contribution is -0.141. The van der Waals surface area contributed by atoms with Gasteiger partial charge in [-0.1, -0.05) is 0 Å². The highest BCUT2D eigenvalue weighted by Gasteiger charge is 2.20. The molecule has 2 unspecified atom stereocenters. The fourth-order valence-corrected chi connectivity index (χ4v) is 0.618. The van der Waals surface area contributed by atoms with Gasteiger partial charge in [0.15, 0.2) is 0 Å². The lowest BCUT2D eigenvalue weighted by atomic mass is 10.0. The van der Waals surface area contributed by atoms with E-state index in [2.05, 4.69) is 10.6 Å². The second kappa shape index (κ2) is 4.58. The van der Waals surface area contributed by atoms with Gasteiger partial charge in [-0.2, -0.15) is 0 Å². The molecule has 0 radical (unpaired) electrons. The van der Waals surface area contributed by atoms with Crippen molar-refractivity contribution in [1.82, 2.24) is 10.6 Å². The molecule has 0 heterocycles. The number of aliphatic carboxylic acids is 1. The van der Waals surface area contributed by atoms with Crippen LogP contribution < -0.4 is 10.6 Å². The Hall–Kier alpha value is -1.26. The molecule has 0 aliphatic heterocycles. The Morgan fingerprint density at radius 2 is 1.83 bits per heavy atom. The number of carboxylic acids is 1. The molecule has 0 saturated carbocycles. The van der Waals surface area contributed by atoms with E-state index in [1.807, 2.05) is 0 Å². The van der Waals surface area contributed by atoms with Gasteiger partial charge in [0.05, 0.1) is 5.92 Å². The van der Waals surface area contributed by atoms with Crippen LogP contribution in [-0.2, 0) is 4.79 Å². The van der Waals surface area contributed by atoms with E-state index in [1.54, 1.807) is 13.8 Å². The van der Waals surface area contributed by atoms with Gasteiger partial charge < -0.3 is 15.7 Å². The summed E-state index contributed by atoms with van der Waals surface area (Å²) in [5, 5.41) is 13.4. The van der Waals surface area contributed by atoms with Crippen molar-refractivity contribution in [1.29, 1.82) is 0 Å². The number of amides is 2. The van der Waals surface area contributed by atoms with Gasteiger partial charge in [0.1, 0.15) is 0 Å². The number of hydrogen-bond acceptors (Lipinski definition) is 2. The van der Waals surface area contributed by atoms with Gasteiger partial charge >= 0.3 is 12.0 Å². The second-order valence-electron chi connectivity index (χ2n) is 2.64. The molecular formula is C7H14N2O3. The molecule has 12 heavy (non-hydrogen) atoms. The van der Waals surface area contributed by atoms with Crippen LogP contribution >= 0.6 is 0 Å². The quantitative estimate of drug-likeness (QED) is 0.564. The molecule has 0 spiro atoms. The fourth-order valence-electron chi connectivity index (χ4n) is 0.618. The van der Waals surface area contributed by atoms with Gasteiger partial charge in [-0.3, -0.25) is 4.79 Å². The normalized spacial score (nSPS) is 14.6. The second-order valence-corrected chi connectivity index (χ2v) is 2.64. The molecule has 5 nitrogen and oxygen atoms in total. The largest absolute Gasteiger partial charge is 0.481 e. The highest BCUT2D eigenvalue weighted by atomic mass is 16.4. The summed E-state index contributed by atoms with van der Waals surface area (Å²) in [6.45, 7) is 3.19. The number of rotatable bonds is 3. The summed E-state index contributed by atoms with van der Waals surface area (Å²) in [6, 6.07) is -0.738. The third-order valence-electron chi connectivity index (χ3n) is 1.73. The predicted octanol–water partition coefficient (Wildman–Crippen LogP) is 0.0246. The number of nitrogens with one attached hydrogen (secondary N) is 2. The van der Waals surface area contributed by atoms with E-state index >= 15 is 0 Å². The van der Waals surface area contributed by atoms with Crippen LogP contribution in [0.15, 0.2) is 0 Å². The standard InChI is InChI=1S/C7H14N2O3/c1-4(6(10)11)5(2)9-7(12)8-3/h4-5H,1-3H3,(H,10,11)(H2,8,9,12). The maximum Gasteiger partial charge on any atom is 0.314 e. The minimum atomic E-state index is -0.918. The summed E-state index contributed by atoms with van der Waals surface area (Å²) in [7, 11) is 1.48. The summed E-state index contributed by atoms with van der Waals surface area (Å²) >= 11 is 0. The number of carboxylic acid groups (broad SMARTS) is 1. The smallest absolute Gasteiger partial charge is 0.314 e. The summed E-state index contributed by atoms with van der Waals surface area (Å²) < 4.78 is 0. The Kier molecular flexibility index (Phi) is 4.10. The minimum Gasteiger partial charge on any atom is -0.481 e. The number of urea groups is 1. The Balaban J connectivity index is 3.94. The SMILES string of the molecule is CNC(=O)NC(C)C(C)C(=O)O. The highest BCUT2D eigenvalue weighted by molar-refractivity contribution is 5.76. The zero-order chi connectivity index (χ0) is 9.72. The molecule has 0 aliphatic carbocycles. The van der Waals surface area contributed by atoms with Crippen molar-refractivity contribution in [3.8, 4) is 0 Å². The van der Waals surface area contributed by atoms with Crippen LogP contribution in [0.4, 0.5) is 4.79 Å². The summed E-state index contributed by atoms with van der Waals surface area (Å²) in [5.41, 5.74) is 0. The van der Waals surface area contributed by atoms with E-state index < -0.39 is 11.9 Å². The third-order valence-corrected chi connectivity index (χ3v) is 1.73. The van der Waals surface area contributed by atoms with E-state index in [0.717, 1.165) is 0 Å². The lowest BCUT2D eigenvalue weighted by Crippen LogP contribution is -2.44. The maximum atomic E-state index is 10.7. The molecule has 0 bridgehead atoms. The molecule has 70 valence electrons. The van der Waals surface area contributed by atoms with Crippen LogP contribution in [0.5, 0.6) is 0 Å². The van der Waals surface area contributed by atoms with Crippen molar-refractivity contribution < 1.29 is 14.7 Å². The predicted molar refractivity (Wildman–Crippen MR) is 43.9 cm³/mol. The van der Waals surface area contributed by atoms with Gasteiger partial charge in [-0.15, -0.1) is 0 Å². The third kappa shape index (κ3) is 3.23. The summed E-state index contributed by atoms with van der Waals surface area (Å²) in [5.74, 6) is -1.50. The average Bonchev–Trinajstić information content (AvgIpc) is 2.02. The average molecular weight is 174 g/mol. The molecule has 0 aliphatic rings. The van der Waals surface area contributed by atoms with Crippen LogP contribution in [0, 0.1) is 5.92 Å². The first-order valence-corrected chi connectivity index (χ1v) is 3.70. The number of hydrogen-bond donors (Lipinski definition) is 3. The van der Waals surface area contributed by atoms with Crippen molar-refractivity contribution >= 4 is 12.0 Å². The van der Waals surface area contributed by atoms with Gasteiger partial charge in [0.2, 0.25) is 0 Å². The summed E-state index contributed by atoms with van der Waals surface area (Å²) in [4.78, 5) is 21.2. The Bertz CT molecular complexity index is 181. The van der Waals surface area contributed by atoms with E-state index in [1.165, 1.54) is 7.05 Å². The van der Waals surface area contributed by atoms with Crippen molar-refractivity contribution in [2.45, 2.75) is 19.9 Å². The topological polar surface area (TPSA) is 78.4 Å². The van der Waals surface area contributed by atoms with Gasteiger partial charge in [-0.25, -0.2) is 4.79 Å². The molecule has 5 heteroatoms. The van der Waals surface area contributed by atoms with E-state index in [4.69, 9.17) is 5.11 Å². The van der Waals surface area contributed by atoms with Crippen molar-refractivity contribution in [3.63, 3.8) is 0 Å². The molecule has 0 aromatic heterocycles. The molecule has 3 N–H and O–H groups in total. The first kappa shape index (κ1) is 10.7. The first-order valence-electron chi connectivity index (χ1n) is 3.70. The van der Waals surface area contributed by atoms with Gasteiger partial charge in [0.25, 0.3) is 0 Å². The molecule has 0 fully saturated rings. The van der Waals surface area contributed by atoms with E-state index in [0.29, 0.717) is 0 Å². The van der Waals surface area contributed by atoms with E-state index in [9.17, 15) is 9.59 Å². The Morgan fingerprint density at radius 1 is 1.33 bits per heavy atom. The molecule has 2 atom stereocenters. The van der Waals surface area contributed by atoms with Gasteiger partial charge in [0, 0.05) is 13.1 Å². The highest BCUT2D eigenvalue weighted by Crippen LogP contribution is 2.01. The molecular weight excluding hydrogens is 160 g/mol. The van der Waals surface area contributed by atoms with Crippen molar-refractivity contribution in [2.24, 2.45) is 5.92 Å². The van der Waals surface area contributed by atoms with Crippen LogP contribution in [0.1, 0.15) is 13.8 Å². The Labute approximate surface area is 71.1 Å². The van der Waals surface area contributed by atoms with Crippen molar-refractivity contribution in [2.75, 3.05) is 7.05 Å². The monoisotopic (exact) mass is 174 g/mol. The lowest BCUT2D eigenvalue weighted by Gasteiger charge is -2.16. The number of carbonyl (C=O) groups is 2. The fraction of sp³-hybridized carbons (Fsp3) is 0.714.